The van der Waals surface area contributed by atoms with Crippen molar-refractivity contribution >= 4 is 11.3 Å². The maximum absolute atomic E-state index is 5.36. The van der Waals surface area contributed by atoms with E-state index in [-0.39, 0.29) is 0 Å². The zero-order chi connectivity index (χ0) is 9.97. The fourth-order valence-electron chi connectivity index (χ4n) is 1.56. The zero-order valence-corrected chi connectivity index (χ0v) is 9.43. The van der Waals surface area contributed by atoms with Crippen molar-refractivity contribution in [2.75, 3.05) is 20.3 Å². The first-order chi connectivity index (χ1) is 6.81. The largest absolute Gasteiger partial charge is 0.381 e. The highest BCUT2D eigenvalue weighted by molar-refractivity contribution is 7.11. The molecule has 2 unspecified atom stereocenters. The van der Waals surface area contributed by atoms with Gasteiger partial charge in [-0.25, -0.2) is 4.98 Å². The molecule has 1 saturated heterocycles. The molecule has 0 radical (unpaired) electrons. The van der Waals surface area contributed by atoms with Gasteiger partial charge in [-0.3, -0.25) is 0 Å². The van der Waals surface area contributed by atoms with Crippen LogP contribution in [-0.2, 0) is 4.74 Å². The van der Waals surface area contributed by atoms with E-state index in [2.05, 4.69) is 17.2 Å². The number of hydrogen-bond donors (Lipinski definition) is 1. The summed E-state index contributed by atoms with van der Waals surface area (Å²) in [7, 11) is 1.97. The number of hydrogen-bond acceptors (Lipinski definition) is 4. The lowest BCUT2D eigenvalue weighted by atomic mass is 10.1. The predicted molar refractivity (Wildman–Crippen MR) is 57.8 cm³/mol. The van der Waals surface area contributed by atoms with Crippen LogP contribution in [0.15, 0.2) is 6.20 Å². The molecule has 78 valence electrons. The van der Waals surface area contributed by atoms with Crippen molar-refractivity contribution in [3.63, 3.8) is 0 Å². The van der Waals surface area contributed by atoms with Crippen LogP contribution in [0.1, 0.15) is 35.2 Å². The highest BCUT2D eigenvalue weighted by Crippen LogP contribution is 2.30. The number of nitrogens with zero attached hydrogens (tertiary/aromatic N) is 1. The Morgan fingerprint density at radius 2 is 2.57 bits per heavy atom. The van der Waals surface area contributed by atoms with Crippen molar-refractivity contribution < 1.29 is 4.74 Å². The molecule has 1 fully saturated rings. The Kier molecular flexibility index (Phi) is 3.15. The van der Waals surface area contributed by atoms with E-state index in [9.17, 15) is 0 Å². The van der Waals surface area contributed by atoms with E-state index in [0.29, 0.717) is 12.0 Å². The maximum Gasteiger partial charge on any atom is 0.0983 e. The summed E-state index contributed by atoms with van der Waals surface area (Å²) in [5.74, 6) is 0.540. The minimum Gasteiger partial charge on any atom is -0.381 e. The van der Waals surface area contributed by atoms with E-state index in [1.807, 2.05) is 24.6 Å². The first-order valence-electron chi connectivity index (χ1n) is 5.02. The number of thiazole rings is 1. The second kappa shape index (κ2) is 4.38. The van der Waals surface area contributed by atoms with Crippen LogP contribution in [0.2, 0.25) is 0 Å². The van der Waals surface area contributed by atoms with Gasteiger partial charge < -0.3 is 10.1 Å². The number of ether oxygens (including phenoxy) is 1. The molecule has 1 aromatic rings. The molecule has 1 N–H and O–H groups in total. The molecule has 2 heterocycles. The van der Waals surface area contributed by atoms with E-state index in [1.54, 1.807) is 0 Å². The third-order valence-corrected chi connectivity index (χ3v) is 4.02. The summed E-state index contributed by atoms with van der Waals surface area (Å²) >= 11 is 1.81. The van der Waals surface area contributed by atoms with Crippen molar-refractivity contribution in [2.24, 2.45) is 0 Å². The Labute approximate surface area is 88.5 Å². The van der Waals surface area contributed by atoms with Gasteiger partial charge in [0, 0.05) is 29.6 Å². The molecule has 14 heavy (non-hydrogen) atoms. The highest BCUT2D eigenvalue weighted by atomic mass is 32.1. The van der Waals surface area contributed by atoms with E-state index < -0.39 is 0 Å². The van der Waals surface area contributed by atoms with Crippen molar-refractivity contribution in [2.45, 2.75) is 25.3 Å². The second-order valence-corrected chi connectivity index (χ2v) is 4.77. The number of aromatic nitrogens is 1. The minimum atomic E-state index is 0.406. The quantitative estimate of drug-likeness (QED) is 0.831. The lowest BCUT2D eigenvalue weighted by Crippen LogP contribution is -2.10. The second-order valence-electron chi connectivity index (χ2n) is 3.67. The standard InChI is InChI=1S/C10H16N2OS/c1-7(11-2)9-5-12-10(14-9)8-3-4-13-6-8/h5,7-8,11H,3-4,6H2,1-2H3. The summed E-state index contributed by atoms with van der Waals surface area (Å²) in [4.78, 5) is 5.78. The van der Waals surface area contributed by atoms with Crippen LogP contribution in [0.3, 0.4) is 0 Å². The summed E-state index contributed by atoms with van der Waals surface area (Å²) in [6.45, 7) is 3.89. The monoisotopic (exact) mass is 212 g/mol. The number of rotatable bonds is 3. The van der Waals surface area contributed by atoms with Crippen LogP contribution in [-0.4, -0.2) is 25.2 Å². The van der Waals surface area contributed by atoms with Gasteiger partial charge in [0.2, 0.25) is 0 Å². The number of nitrogens with one attached hydrogen (secondary N) is 1. The molecule has 1 aromatic heterocycles. The van der Waals surface area contributed by atoms with E-state index >= 15 is 0 Å². The fraction of sp³-hybridized carbons (Fsp3) is 0.700. The smallest absolute Gasteiger partial charge is 0.0983 e. The summed E-state index contributed by atoms with van der Waals surface area (Å²) in [6.07, 6.45) is 3.11. The van der Waals surface area contributed by atoms with Gasteiger partial charge in [-0.15, -0.1) is 11.3 Å². The van der Waals surface area contributed by atoms with Gasteiger partial charge in [-0.05, 0) is 20.4 Å². The van der Waals surface area contributed by atoms with E-state index in [4.69, 9.17) is 4.74 Å². The van der Waals surface area contributed by atoms with E-state index in [0.717, 1.165) is 19.6 Å². The van der Waals surface area contributed by atoms with Crippen LogP contribution >= 0.6 is 11.3 Å². The molecule has 0 bridgehead atoms. The molecule has 0 aromatic carbocycles. The highest BCUT2D eigenvalue weighted by Gasteiger charge is 2.21. The Bertz CT molecular complexity index is 294. The first kappa shape index (κ1) is 10.1. The van der Waals surface area contributed by atoms with Crippen LogP contribution in [0, 0.1) is 0 Å². The van der Waals surface area contributed by atoms with Gasteiger partial charge in [0.05, 0.1) is 11.6 Å². The normalized spacial score (nSPS) is 24.0. The average Bonchev–Trinajstić information content (AvgIpc) is 2.86. The third-order valence-electron chi connectivity index (χ3n) is 2.68. The fourth-order valence-corrected chi connectivity index (χ4v) is 2.66. The van der Waals surface area contributed by atoms with E-state index in [1.165, 1.54) is 9.88 Å². The summed E-state index contributed by atoms with van der Waals surface area (Å²) < 4.78 is 5.36. The molecule has 0 saturated carbocycles. The molecular formula is C10H16N2OS. The lowest BCUT2D eigenvalue weighted by Gasteiger charge is -2.05. The molecule has 0 amide bonds. The molecule has 1 aliphatic rings. The molecule has 1 aliphatic heterocycles. The predicted octanol–water partition coefficient (Wildman–Crippen LogP) is 1.93. The van der Waals surface area contributed by atoms with Crippen molar-refractivity contribution in [3.8, 4) is 0 Å². The van der Waals surface area contributed by atoms with Gasteiger partial charge in [0.1, 0.15) is 0 Å². The first-order valence-corrected chi connectivity index (χ1v) is 5.83. The molecular weight excluding hydrogens is 196 g/mol. The van der Waals surface area contributed by atoms with Gasteiger partial charge in [-0.2, -0.15) is 0 Å². The SMILES string of the molecule is CNC(C)c1cnc(C2CCOC2)s1. The maximum atomic E-state index is 5.36. The van der Waals surface area contributed by atoms with Gasteiger partial charge in [0.25, 0.3) is 0 Å². The Balaban J connectivity index is 2.08. The summed E-state index contributed by atoms with van der Waals surface area (Å²) in [5.41, 5.74) is 0. The topological polar surface area (TPSA) is 34.2 Å². The van der Waals surface area contributed by atoms with Gasteiger partial charge in [-0.1, -0.05) is 0 Å². The minimum absolute atomic E-state index is 0.406. The average molecular weight is 212 g/mol. The lowest BCUT2D eigenvalue weighted by molar-refractivity contribution is 0.194. The molecule has 0 aliphatic carbocycles. The molecule has 3 nitrogen and oxygen atoms in total. The molecule has 0 spiro atoms. The Hall–Kier alpha value is -0.450. The summed E-state index contributed by atoms with van der Waals surface area (Å²) in [6, 6.07) is 0.406. The molecule has 4 heteroatoms. The van der Waals surface area contributed by atoms with Crippen molar-refractivity contribution in [1.82, 2.24) is 10.3 Å². The van der Waals surface area contributed by atoms with Gasteiger partial charge >= 0.3 is 0 Å². The van der Waals surface area contributed by atoms with Gasteiger partial charge in [0.15, 0.2) is 0 Å². The molecule has 2 rings (SSSR count). The zero-order valence-electron chi connectivity index (χ0n) is 8.62. The van der Waals surface area contributed by atoms with Crippen LogP contribution < -0.4 is 5.32 Å². The molecule has 2 atom stereocenters. The Morgan fingerprint density at radius 1 is 1.71 bits per heavy atom. The third kappa shape index (κ3) is 1.97. The van der Waals surface area contributed by atoms with Crippen LogP contribution in [0.5, 0.6) is 0 Å². The van der Waals surface area contributed by atoms with Crippen LogP contribution in [0.25, 0.3) is 0 Å². The van der Waals surface area contributed by atoms with Crippen molar-refractivity contribution in [3.05, 3.63) is 16.1 Å². The van der Waals surface area contributed by atoms with Crippen molar-refractivity contribution in [1.29, 1.82) is 0 Å². The summed E-state index contributed by atoms with van der Waals surface area (Å²) in [5, 5.41) is 4.46. The van der Waals surface area contributed by atoms with Crippen LogP contribution in [0.4, 0.5) is 0 Å². The Morgan fingerprint density at radius 3 is 3.21 bits per heavy atom.